The maximum absolute atomic E-state index is 13.1. The fourth-order valence-corrected chi connectivity index (χ4v) is 5.59. The molecule has 5 rings (SSSR count). The number of amides is 1. The molecule has 0 spiro atoms. The van der Waals surface area contributed by atoms with E-state index in [1.807, 2.05) is 23.9 Å². The summed E-state index contributed by atoms with van der Waals surface area (Å²) in [5.74, 6) is 1.43. The van der Waals surface area contributed by atoms with Gasteiger partial charge in [0.05, 0.1) is 5.69 Å². The molecule has 6 heteroatoms. The Morgan fingerprint density at radius 2 is 1.87 bits per heavy atom. The van der Waals surface area contributed by atoms with E-state index in [1.165, 1.54) is 34.6 Å². The third-order valence-electron chi connectivity index (χ3n) is 6.40. The lowest BCUT2D eigenvalue weighted by Gasteiger charge is -2.32. The minimum absolute atomic E-state index is 0.145. The van der Waals surface area contributed by atoms with Crippen LogP contribution >= 0.6 is 11.8 Å². The summed E-state index contributed by atoms with van der Waals surface area (Å²) in [7, 11) is 1.92. The first-order valence-corrected chi connectivity index (χ1v) is 11.9. The predicted molar refractivity (Wildman–Crippen MR) is 128 cm³/mol. The second-order valence-electron chi connectivity index (χ2n) is 8.76. The fraction of sp³-hybridized carbons (Fsp3) is 0.360. The highest BCUT2D eigenvalue weighted by atomic mass is 32.2. The zero-order valence-electron chi connectivity index (χ0n) is 18.3. The van der Waals surface area contributed by atoms with Crippen LogP contribution in [0.15, 0.2) is 47.4 Å². The number of nitrogens with one attached hydrogen (secondary N) is 1. The number of carbonyl (C=O) groups excluding carboxylic acids is 1. The number of nitrogens with zero attached hydrogens (tertiary/aromatic N) is 3. The molecule has 2 aromatic carbocycles. The number of fused-ring (bicyclic) bond motifs is 3. The molecule has 2 aliphatic rings. The summed E-state index contributed by atoms with van der Waals surface area (Å²) < 4.78 is 1.85. The molecular weight excluding hydrogens is 404 g/mol. The van der Waals surface area contributed by atoms with E-state index < -0.39 is 0 Å². The maximum Gasteiger partial charge on any atom is 0.276 e. The number of benzene rings is 2. The molecule has 1 saturated heterocycles. The number of rotatable bonds is 3. The Morgan fingerprint density at radius 3 is 2.61 bits per heavy atom. The van der Waals surface area contributed by atoms with E-state index in [0.717, 1.165) is 41.7 Å². The Labute approximate surface area is 187 Å². The fourth-order valence-electron chi connectivity index (χ4n) is 4.54. The van der Waals surface area contributed by atoms with E-state index in [2.05, 4.69) is 59.5 Å². The van der Waals surface area contributed by atoms with Crippen molar-refractivity contribution in [3.05, 3.63) is 59.3 Å². The summed E-state index contributed by atoms with van der Waals surface area (Å²) >= 11 is 1.77. The molecule has 0 aliphatic carbocycles. The predicted octanol–water partition coefficient (Wildman–Crippen LogP) is 5.49. The van der Waals surface area contributed by atoms with E-state index in [9.17, 15) is 4.79 Å². The smallest absolute Gasteiger partial charge is 0.276 e. The normalized spacial score (nSPS) is 16.0. The average Bonchev–Trinajstić information content (AvgIpc) is 3.12. The molecule has 1 aromatic heterocycles. The lowest BCUT2D eigenvalue weighted by atomic mass is 9.99. The maximum atomic E-state index is 13.1. The molecule has 0 unspecified atom stereocenters. The van der Waals surface area contributed by atoms with Crippen LogP contribution in [0.25, 0.3) is 11.3 Å². The van der Waals surface area contributed by atoms with Crippen molar-refractivity contribution in [3.8, 4) is 11.3 Å². The minimum atomic E-state index is -0.145. The van der Waals surface area contributed by atoms with Crippen LogP contribution in [-0.4, -0.2) is 28.8 Å². The highest BCUT2D eigenvalue weighted by Crippen LogP contribution is 2.43. The molecule has 1 N–H and O–H groups in total. The Kier molecular flexibility index (Phi) is 5.26. The summed E-state index contributed by atoms with van der Waals surface area (Å²) in [5, 5.41) is 7.65. The molecular formula is C25H28N4OS. The molecule has 0 radical (unpaired) electrons. The number of aromatic nitrogens is 2. The molecule has 160 valence electrons. The van der Waals surface area contributed by atoms with Gasteiger partial charge in [-0.3, -0.25) is 9.48 Å². The van der Waals surface area contributed by atoms with Crippen molar-refractivity contribution >= 4 is 29.0 Å². The molecule has 0 bridgehead atoms. The Bertz CT molecular complexity index is 1130. The van der Waals surface area contributed by atoms with Crippen LogP contribution in [-0.2, 0) is 12.8 Å². The molecule has 3 aromatic rings. The molecule has 0 atom stereocenters. The number of anilines is 2. The van der Waals surface area contributed by atoms with E-state index in [-0.39, 0.29) is 5.91 Å². The molecule has 1 amide bonds. The largest absolute Gasteiger partial charge is 0.372 e. The number of thioether (sulfide) groups is 1. The minimum Gasteiger partial charge on any atom is -0.372 e. The SMILES string of the molecule is Cc1ccc2c(c1)-c1c(c(C(=O)Nc3ccc(N4CCC(C)CC4)cc3)nn1C)CS2. The first-order valence-electron chi connectivity index (χ1n) is 11.0. The highest BCUT2D eigenvalue weighted by Gasteiger charge is 2.28. The number of aryl methyl sites for hydroxylation is 2. The standard InChI is InChI=1S/C25H28N4OS/c1-16-10-12-29(13-11-16)19-7-5-18(6-8-19)26-25(30)23-21-15-31-22-9-4-17(2)14-20(22)24(21)28(3)27-23/h4-9,14,16H,10-13,15H2,1-3H3,(H,26,30). The van der Waals surface area contributed by atoms with Gasteiger partial charge in [0.2, 0.25) is 0 Å². The summed E-state index contributed by atoms with van der Waals surface area (Å²) in [6.45, 7) is 6.62. The second kappa shape index (κ2) is 8.08. The van der Waals surface area contributed by atoms with Crippen LogP contribution in [0.2, 0.25) is 0 Å². The van der Waals surface area contributed by atoms with Gasteiger partial charge >= 0.3 is 0 Å². The lowest BCUT2D eigenvalue weighted by Crippen LogP contribution is -2.32. The second-order valence-corrected chi connectivity index (χ2v) is 9.78. The third-order valence-corrected chi connectivity index (χ3v) is 7.50. The topological polar surface area (TPSA) is 50.2 Å². The monoisotopic (exact) mass is 432 g/mol. The van der Waals surface area contributed by atoms with E-state index in [1.54, 1.807) is 11.8 Å². The molecule has 5 nitrogen and oxygen atoms in total. The van der Waals surface area contributed by atoms with Crippen LogP contribution in [0.1, 0.15) is 41.4 Å². The van der Waals surface area contributed by atoms with Crippen molar-refractivity contribution in [2.75, 3.05) is 23.3 Å². The van der Waals surface area contributed by atoms with Gasteiger partial charge in [0.15, 0.2) is 5.69 Å². The summed E-state index contributed by atoms with van der Waals surface area (Å²) in [5.41, 5.74) is 7.00. The van der Waals surface area contributed by atoms with Gasteiger partial charge in [-0.1, -0.05) is 18.6 Å². The number of hydrogen-bond donors (Lipinski definition) is 1. The van der Waals surface area contributed by atoms with Crippen LogP contribution in [0.4, 0.5) is 11.4 Å². The first-order chi connectivity index (χ1) is 15.0. The summed E-state index contributed by atoms with van der Waals surface area (Å²) in [6.07, 6.45) is 2.48. The summed E-state index contributed by atoms with van der Waals surface area (Å²) in [6, 6.07) is 14.7. The van der Waals surface area contributed by atoms with Crippen molar-refractivity contribution in [3.63, 3.8) is 0 Å². The molecule has 3 heterocycles. The van der Waals surface area contributed by atoms with E-state index >= 15 is 0 Å². The van der Waals surface area contributed by atoms with Gasteiger partial charge in [-0.15, -0.1) is 11.8 Å². The van der Waals surface area contributed by atoms with Crippen LogP contribution < -0.4 is 10.2 Å². The van der Waals surface area contributed by atoms with Crippen molar-refractivity contribution in [1.29, 1.82) is 0 Å². The first kappa shape index (κ1) is 20.2. The highest BCUT2D eigenvalue weighted by molar-refractivity contribution is 7.98. The van der Waals surface area contributed by atoms with Gasteiger partial charge < -0.3 is 10.2 Å². The summed E-state index contributed by atoms with van der Waals surface area (Å²) in [4.78, 5) is 16.8. The number of hydrogen-bond acceptors (Lipinski definition) is 4. The van der Waals surface area contributed by atoms with Crippen molar-refractivity contribution in [1.82, 2.24) is 9.78 Å². The van der Waals surface area contributed by atoms with Gasteiger partial charge in [-0.2, -0.15) is 5.10 Å². The van der Waals surface area contributed by atoms with Gasteiger partial charge in [-0.25, -0.2) is 0 Å². The van der Waals surface area contributed by atoms with Crippen LogP contribution in [0, 0.1) is 12.8 Å². The lowest BCUT2D eigenvalue weighted by molar-refractivity contribution is 0.102. The van der Waals surface area contributed by atoms with E-state index in [0.29, 0.717) is 5.69 Å². The molecule has 2 aliphatic heterocycles. The quantitative estimate of drug-likeness (QED) is 0.595. The van der Waals surface area contributed by atoms with Gasteiger partial charge in [0.25, 0.3) is 5.91 Å². The van der Waals surface area contributed by atoms with Gasteiger partial charge in [0.1, 0.15) is 0 Å². The van der Waals surface area contributed by atoms with Gasteiger partial charge in [0, 0.05) is 53.3 Å². The Hall–Kier alpha value is -2.73. The Morgan fingerprint density at radius 1 is 1.13 bits per heavy atom. The number of carbonyl (C=O) groups is 1. The molecule has 0 saturated carbocycles. The van der Waals surface area contributed by atoms with Crippen molar-refractivity contribution in [2.24, 2.45) is 13.0 Å². The van der Waals surface area contributed by atoms with E-state index in [4.69, 9.17) is 0 Å². The van der Waals surface area contributed by atoms with Gasteiger partial charge in [-0.05, 0) is 62.1 Å². The van der Waals surface area contributed by atoms with Crippen LogP contribution in [0.5, 0.6) is 0 Å². The average molecular weight is 433 g/mol. The number of piperidine rings is 1. The van der Waals surface area contributed by atoms with Crippen LogP contribution in [0.3, 0.4) is 0 Å². The third kappa shape index (κ3) is 3.85. The Balaban J connectivity index is 1.36. The molecule has 1 fully saturated rings. The van der Waals surface area contributed by atoms with Crippen molar-refractivity contribution < 1.29 is 4.79 Å². The zero-order valence-corrected chi connectivity index (χ0v) is 19.1. The zero-order chi connectivity index (χ0) is 21.5. The van der Waals surface area contributed by atoms with Crippen molar-refractivity contribution in [2.45, 2.75) is 37.3 Å². The molecule has 31 heavy (non-hydrogen) atoms.